The lowest BCUT2D eigenvalue weighted by molar-refractivity contribution is 0.0957. The van der Waals surface area contributed by atoms with E-state index in [0.717, 1.165) is 26.7 Å². The Morgan fingerprint density at radius 1 is 1.07 bits per heavy atom. The third kappa shape index (κ3) is 4.24. The fourth-order valence-electron chi connectivity index (χ4n) is 2.80. The molecule has 0 fully saturated rings. The molecule has 0 saturated heterocycles. The standard InChI is InChI=1S/C21H18N2O2S2/c24-17(19-6-3-13-26-19)11-12-20(25)22-15-9-7-14(8-10-15)21-23-16-4-1-2-5-18(16)27-21/h1-10,13,20,22,25H,11-12H2. The lowest BCUT2D eigenvalue weighted by Crippen LogP contribution is -2.19. The first-order valence-corrected chi connectivity index (χ1v) is 10.4. The van der Waals surface area contributed by atoms with Gasteiger partial charge in [-0.3, -0.25) is 4.79 Å². The van der Waals surface area contributed by atoms with Crippen molar-refractivity contribution in [3.63, 3.8) is 0 Å². The highest BCUT2D eigenvalue weighted by atomic mass is 32.1. The lowest BCUT2D eigenvalue weighted by Gasteiger charge is -2.13. The Balaban J connectivity index is 1.36. The van der Waals surface area contributed by atoms with Gasteiger partial charge in [0.15, 0.2) is 5.78 Å². The molecule has 2 heterocycles. The van der Waals surface area contributed by atoms with E-state index in [9.17, 15) is 9.90 Å². The number of nitrogens with zero attached hydrogens (tertiary/aromatic N) is 1. The number of thiophene rings is 1. The van der Waals surface area contributed by atoms with Gasteiger partial charge in [-0.15, -0.1) is 22.7 Å². The summed E-state index contributed by atoms with van der Waals surface area (Å²) < 4.78 is 1.17. The number of aliphatic hydroxyl groups excluding tert-OH is 1. The summed E-state index contributed by atoms with van der Waals surface area (Å²) in [5, 5.41) is 16.1. The highest BCUT2D eigenvalue weighted by Crippen LogP contribution is 2.30. The summed E-state index contributed by atoms with van der Waals surface area (Å²) in [6, 6.07) is 19.6. The third-order valence-corrected chi connectivity index (χ3v) is 6.20. The predicted molar refractivity (Wildman–Crippen MR) is 113 cm³/mol. The molecule has 0 spiro atoms. The van der Waals surface area contributed by atoms with E-state index in [-0.39, 0.29) is 5.78 Å². The van der Waals surface area contributed by atoms with Gasteiger partial charge < -0.3 is 10.4 Å². The van der Waals surface area contributed by atoms with Crippen molar-refractivity contribution in [3.8, 4) is 10.6 Å². The number of hydrogen-bond acceptors (Lipinski definition) is 6. The number of ketones is 1. The smallest absolute Gasteiger partial charge is 0.172 e. The van der Waals surface area contributed by atoms with E-state index in [1.807, 2.05) is 60.0 Å². The molecular formula is C21H18N2O2S2. The van der Waals surface area contributed by atoms with Crippen molar-refractivity contribution in [2.45, 2.75) is 19.1 Å². The number of aromatic nitrogens is 1. The summed E-state index contributed by atoms with van der Waals surface area (Å²) in [6.45, 7) is 0. The molecule has 27 heavy (non-hydrogen) atoms. The van der Waals surface area contributed by atoms with Crippen LogP contribution in [-0.4, -0.2) is 22.1 Å². The lowest BCUT2D eigenvalue weighted by atomic mass is 10.1. The van der Waals surface area contributed by atoms with E-state index in [2.05, 4.69) is 16.4 Å². The number of fused-ring (bicyclic) bond motifs is 1. The zero-order chi connectivity index (χ0) is 18.6. The number of nitrogens with one attached hydrogen (secondary N) is 1. The van der Waals surface area contributed by atoms with Crippen molar-refractivity contribution in [2.75, 3.05) is 5.32 Å². The number of carbonyl (C=O) groups is 1. The summed E-state index contributed by atoms with van der Waals surface area (Å²) >= 11 is 3.09. The molecule has 2 aromatic heterocycles. The van der Waals surface area contributed by atoms with E-state index in [1.165, 1.54) is 16.0 Å². The Kier molecular flexibility index (Phi) is 5.29. The first-order chi connectivity index (χ1) is 13.2. The normalized spacial score (nSPS) is 12.2. The van der Waals surface area contributed by atoms with Crippen LogP contribution in [0.25, 0.3) is 20.8 Å². The molecule has 0 amide bonds. The van der Waals surface area contributed by atoms with E-state index < -0.39 is 6.23 Å². The van der Waals surface area contributed by atoms with Gasteiger partial charge in [0.2, 0.25) is 0 Å². The summed E-state index contributed by atoms with van der Waals surface area (Å²) in [6.07, 6.45) is -0.0725. The second kappa shape index (κ2) is 8.00. The fourth-order valence-corrected chi connectivity index (χ4v) is 4.46. The number of carbonyl (C=O) groups excluding carboxylic acids is 1. The minimum atomic E-state index is -0.762. The van der Waals surface area contributed by atoms with Crippen LogP contribution in [0.4, 0.5) is 5.69 Å². The average Bonchev–Trinajstić information content (AvgIpc) is 3.36. The molecule has 2 aromatic carbocycles. The number of anilines is 1. The Bertz CT molecular complexity index is 1010. The van der Waals surface area contributed by atoms with Crippen LogP contribution in [0, 0.1) is 0 Å². The van der Waals surface area contributed by atoms with Crippen molar-refractivity contribution in [3.05, 3.63) is 70.9 Å². The summed E-state index contributed by atoms with van der Waals surface area (Å²) in [5.41, 5.74) is 2.87. The fraction of sp³-hybridized carbons (Fsp3) is 0.143. The molecule has 0 saturated carbocycles. The quantitative estimate of drug-likeness (QED) is 0.325. The number of para-hydroxylation sites is 1. The highest BCUT2D eigenvalue weighted by molar-refractivity contribution is 7.21. The molecule has 4 nitrogen and oxygen atoms in total. The van der Waals surface area contributed by atoms with E-state index in [1.54, 1.807) is 11.3 Å². The number of rotatable bonds is 7. The second-order valence-electron chi connectivity index (χ2n) is 6.16. The SMILES string of the molecule is O=C(CCC(O)Nc1ccc(-c2nc3ccccc3s2)cc1)c1cccs1. The zero-order valence-corrected chi connectivity index (χ0v) is 16.1. The molecule has 1 atom stereocenters. The summed E-state index contributed by atoms with van der Waals surface area (Å²) in [5.74, 6) is 0.0667. The molecule has 0 bridgehead atoms. The highest BCUT2D eigenvalue weighted by Gasteiger charge is 2.11. The van der Waals surface area contributed by atoms with Crippen molar-refractivity contribution in [1.29, 1.82) is 0 Å². The van der Waals surface area contributed by atoms with Crippen LogP contribution in [-0.2, 0) is 0 Å². The predicted octanol–water partition coefficient (Wildman–Crippen LogP) is 5.42. The number of aliphatic hydroxyl groups is 1. The van der Waals surface area contributed by atoms with Crippen LogP contribution in [0.3, 0.4) is 0 Å². The number of hydrogen-bond donors (Lipinski definition) is 2. The molecular weight excluding hydrogens is 376 g/mol. The van der Waals surface area contributed by atoms with Crippen LogP contribution >= 0.6 is 22.7 Å². The van der Waals surface area contributed by atoms with Crippen molar-refractivity contribution < 1.29 is 9.90 Å². The van der Waals surface area contributed by atoms with Gasteiger partial charge in [-0.2, -0.15) is 0 Å². The van der Waals surface area contributed by atoms with E-state index in [0.29, 0.717) is 12.8 Å². The van der Waals surface area contributed by atoms with Crippen LogP contribution in [0.1, 0.15) is 22.5 Å². The maximum atomic E-state index is 12.0. The monoisotopic (exact) mass is 394 g/mol. The van der Waals surface area contributed by atoms with Gasteiger partial charge in [-0.25, -0.2) is 4.98 Å². The topological polar surface area (TPSA) is 62.2 Å². The summed E-state index contributed by atoms with van der Waals surface area (Å²) in [4.78, 5) is 17.4. The molecule has 0 aliphatic heterocycles. The van der Waals surface area contributed by atoms with Gasteiger partial charge in [0.05, 0.1) is 15.1 Å². The molecule has 0 radical (unpaired) electrons. The molecule has 6 heteroatoms. The molecule has 0 aliphatic rings. The van der Waals surface area contributed by atoms with E-state index >= 15 is 0 Å². The zero-order valence-electron chi connectivity index (χ0n) is 14.5. The minimum absolute atomic E-state index is 0.0667. The van der Waals surface area contributed by atoms with Gasteiger partial charge in [-0.05, 0) is 54.3 Å². The Labute approximate surface area is 165 Å². The maximum Gasteiger partial charge on any atom is 0.172 e. The van der Waals surface area contributed by atoms with Crippen molar-refractivity contribution in [2.24, 2.45) is 0 Å². The first-order valence-electron chi connectivity index (χ1n) is 8.66. The summed E-state index contributed by atoms with van der Waals surface area (Å²) in [7, 11) is 0. The number of benzene rings is 2. The number of Topliss-reactive ketones (excluding diaryl/α,β-unsaturated/α-hetero) is 1. The van der Waals surface area contributed by atoms with Gasteiger partial charge in [0.1, 0.15) is 11.2 Å². The molecule has 4 rings (SSSR count). The van der Waals surface area contributed by atoms with Gasteiger partial charge in [0, 0.05) is 17.7 Å². The van der Waals surface area contributed by atoms with Crippen LogP contribution in [0.5, 0.6) is 0 Å². The Hall–Kier alpha value is -2.54. The number of thiazole rings is 1. The molecule has 1 unspecified atom stereocenters. The minimum Gasteiger partial charge on any atom is -0.374 e. The second-order valence-corrected chi connectivity index (χ2v) is 8.14. The molecule has 2 N–H and O–H groups in total. The van der Waals surface area contributed by atoms with Crippen LogP contribution in [0.2, 0.25) is 0 Å². The van der Waals surface area contributed by atoms with Gasteiger partial charge in [0.25, 0.3) is 0 Å². The van der Waals surface area contributed by atoms with Crippen molar-refractivity contribution >= 4 is 44.4 Å². The van der Waals surface area contributed by atoms with Crippen LogP contribution in [0.15, 0.2) is 66.0 Å². The maximum absolute atomic E-state index is 12.0. The largest absolute Gasteiger partial charge is 0.374 e. The third-order valence-electron chi connectivity index (χ3n) is 4.20. The van der Waals surface area contributed by atoms with Gasteiger partial charge in [-0.1, -0.05) is 18.2 Å². The molecule has 4 aromatic rings. The van der Waals surface area contributed by atoms with Gasteiger partial charge >= 0.3 is 0 Å². The molecule has 136 valence electrons. The van der Waals surface area contributed by atoms with Crippen molar-refractivity contribution in [1.82, 2.24) is 4.98 Å². The average molecular weight is 395 g/mol. The van der Waals surface area contributed by atoms with Crippen LogP contribution < -0.4 is 5.32 Å². The Morgan fingerprint density at radius 3 is 2.63 bits per heavy atom. The first kappa shape index (κ1) is 17.9. The van der Waals surface area contributed by atoms with E-state index in [4.69, 9.17) is 0 Å². The Morgan fingerprint density at radius 2 is 1.89 bits per heavy atom. The molecule has 0 aliphatic carbocycles.